The fourth-order valence-electron chi connectivity index (χ4n) is 2.68. The van der Waals surface area contributed by atoms with Gasteiger partial charge in [-0.3, -0.25) is 9.78 Å². The molecule has 19 heavy (non-hydrogen) atoms. The molecular formula is C14H21N3O2. The third-order valence-electron chi connectivity index (χ3n) is 3.55. The minimum Gasteiger partial charge on any atom is -0.388 e. The van der Waals surface area contributed by atoms with Crippen LogP contribution in [0.25, 0.3) is 0 Å². The molecule has 1 amide bonds. The molecule has 1 fully saturated rings. The van der Waals surface area contributed by atoms with Gasteiger partial charge in [-0.1, -0.05) is 6.07 Å². The summed E-state index contributed by atoms with van der Waals surface area (Å²) in [6.07, 6.45) is 4.23. The highest BCUT2D eigenvalue weighted by Crippen LogP contribution is 2.24. The van der Waals surface area contributed by atoms with Crippen LogP contribution in [-0.2, 0) is 11.2 Å². The van der Waals surface area contributed by atoms with Gasteiger partial charge in [-0.25, -0.2) is 0 Å². The van der Waals surface area contributed by atoms with E-state index in [0.29, 0.717) is 13.0 Å². The average molecular weight is 263 g/mol. The molecule has 1 aromatic heterocycles. The maximum Gasteiger partial charge on any atom is 0.220 e. The first-order valence-corrected chi connectivity index (χ1v) is 6.70. The summed E-state index contributed by atoms with van der Waals surface area (Å²) in [5, 5.41) is 10.4. The number of pyridine rings is 1. The first-order valence-electron chi connectivity index (χ1n) is 6.70. The number of hydrogen-bond acceptors (Lipinski definition) is 4. The number of likely N-dealkylation sites (tertiary alicyclic amines) is 1. The molecule has 1 saturated heterocycles. The number of primary amides is 1. The van der Waals surface area contributed by atoms with Crippen molar-refractivity contribution in [1.29, 1.82) is 0 Å². The fourth-order valence-corrected chi connectivity index (χ4v) is 2.68. The van der Waals surface area contributed by atoms with E-state index in [1.807, 2.05) is 18.2 Å². The second kappa shape index (κ2) is 6.12. The molecule has 0 saturated carbocycles. The van der Waals surface area contributed by atoms with E-state index in [0.717, 1.165) is 31.6 Å². The normalized spacial score (nSPS) is 24.3. The van der Waals surface area contributed by atoms with Crippen molar-refractivity contribution in [2.24, 2.45) is 5.73 Å². The number of piperidine rings is 1. The Labute approximate surface area is 113 Å². The SMILES string of the molecule is NC(=O)CC1(O)CCCN(CCc2ccccn2)C1. The minimum atomic E-state index is -0.950. The van der Waals surface area contributed by atoms with E-state index < -0.39 is 11.5 Å². The van der Waals surface area contributed by atoms with Crippen LogP contribution in [0.3, 0.4) is 0 Å². The van der Waals surface area contributed by atoms with Crippen LogP contribution < -0.4 is 5.73 Å². The van der Waals surface area contributed by atoms with Gasteiger partial charge in [0.15, 0.2) is 0 Å². The monoisotopic (exact) mass is 263 g/mol. The second-order valence-electron chi connectivity index (χ2n) is 5.32. The Hall–Kier alpha value is -1.46. The molecule has 2 heterocycles. The molecule has 0 spiro atoms. The molecular weight excluding hydrogens is 242 g/mol. The number of nitrogens with zero attached hydrogens (tertiary/aromatic N) is 2. The quantitative estimate of drug-likeness (QED) is 0.802. The topological polar surface area (TPSA) is 79.5 Å². The highest BCUT2D eigenvalue weighted by atomic mass is 16.3. The highest BCUT2D eigenvalue weighted by molar-refractivity contribution is 5.75. The summed E-state index contributed by atoms with van der Waals surface area (Å²) in [5.41, 5.74) is 5.29. The van der Waals surface area contributed by atoms with Crippen molar-refractivity contribution in [2.75, 3.05) is 19.6 Å². The zero-order valence-electron chi connectivity index (χ0n) is 11.1. The summed E-state index contributed by atoms with van der Waals surface area (Å²) in [7, 11) is 0. The van der Waals surface area contributed by atoms with Gasteiger partial charge in [0.2, 0.25) is 5.91 Å². The Bertz CT molecular complexity index is 424. The Kier molecular flexibility index (Phi) is 4.50. The molecule has 0 bridgehead atoms. The standard InChI is InChI=1S/C14H21N3O2/c15-13(18)10-14(19)6-3-8-17(11-14)9-5-12-4-1-2-7-16-12/h1-2,4,7,19H,3,5-6,8-11H2,(H2,15,18). The number of hydrogen-bond donors (Lipinski definition) is 2. The van der Waals surface area contributed by atoms with Crippen LogP contribution in [0.1, 0.15) is 25.0 Å². The molecule has 3 N–H and O–H groups in total. The lowest BCUT2D eigenvalue weighted by Gasteiger charge is -2.38. The van der Waals surface area contributed by atoms with Gasteiger partial charge in [-0.05, 0) is 31.5 Å². The Morgan fingerprint density at radius 1 is 1.53 bits per heavy atom. The van der Waals surface area contributed by atoms with Gasteiger partial charge in [0, 0.05) is 31.4 Å². The molecule has 0 radical (unpaired) electrons. The molecule has 5 heteroatoms. The van der Waals surface area contributed by atoms with E-state index in [1.54, 1.807) is 6.20 Å². The maximum absolute atomic E-state index is 11.0. The Balaban J connectivity index is 1.86. The predicted octanol–water partition coefficient (Wildman–Crippen LogP) is 0.326. The molecule has 1 aromatic rings. The first-order chi connectivity index (χ1) is 9.07. The summed E-state index contributed by atoms with van der Waals surface area (Å²) < 4.78 is 0. The summed E-state index contributed by atoms with van der Waals surface area (Å²) in [4.78, 5) is 17.5. The van der Waals surface area contributed by atoms with Gasteiger partial charge in [0.25, 0.3) is 0 Å². The van der Waals surface area contributed by atoms with Crippen LogP contribution in [-0.4, -0.2) is 46.1 Å². The number of β-amino-alcohol motifs (C(OH)–C–C–N with tert-alkyl or cyclic N) is 1. The minimum absolute atomic E-state index is 0.0487. The lowest BCUT2D eigenvalue weighted by Crippen LogP contribution is -2.50. The first kappa shape index (κ1) is 14.0. The van der Waals surface area contributed by atoms with Crippen molar-refractivity contribution in [1.82, 2.24) is 9.88 Å². The van der Waals surface area contributed by atoms with E-state index in [-0.39, 0.29) is 6.42 Å². The number of nitrogens with two attached hydrogens (primary N) is 1. The third-order valence-corrected chi connectivity index (χ3v) is 3.55. The Morgan fingerprint density at radius 2 is 2.37 bits per heavy atom. The molecule has 1 atom stereocenters. The average Bonchev–Trinajstić information content (AvgIpc) is 2.36. The largest absolute Gasteiger partial charge is 0.388 e. The van der Waals surface area contributed by atoms with E-state index in [1.165, 1.54) is 0 Å². The zero-order valence-corrected chi connectivity index (χ0v) is 11.1. The van der Waals surface area contributed by atoms with Crippen LogP contribution in [0.15, 0.2) is 24.4 Å². The van der Waals surface area contributed by atoms with Gasteiger partial charge in [-0.15, -0.1) is 0 Å². The number of aliphatic hydroxyl groups is 1. The van der Waals surface area contributed by atoms with E-state index in [9.17, 15) is 9.90 Å². The summed E-state index contributed by atoms with van der Waals surface area (Å²) in [6, 6.07) is 5.87. The lowest BCUT2D eigenvalue weighted by molar-refractivity contribution is -0.125. The lowest BCUT2D eigenvalue weighted by atomic mass is 9.89. The van der Waals surface area contributed by atoms with E-state index in [2.05, 4.69) is 9.88 Å². The Morgan fingerprint density at radius 3 is 3.05 bits per heavy atom. The second-order valence-corrected chi connectivity index (χ2v) is 5.32. The number of rotatable bonds is 5. The summed E-state index contributed by atoms with van der Waals surface area (Å²) in [6.45, 7) is 2.31. The third kappa shape index (κ3) is 4.29. The van der Waals surface area contributed by atoms with Crippen LogP contribution in [0.2, 0.25) is 0 Å². The van der Waals surface area contributed by atoms with Crippen molar-refractivity contribution in [3.05, 3.63) is 30.1 Å². The van der Waals surface area contributed by atoms with Crippen LogP contribution in [0.4, 0.5) is 0 Å². The van der Waals surface area contributed by atoms with Crippen LogP contribution >= 0.6 is 0 Å². The van der Waals surface area contributed by atoms with Gasteiger partial charge < -0.3 is 15.7 Å². The molecule has 0 aromatic carbocycles. The highest BCUT2D eigenvalue weighted by Gasteiger charge is 2.34. The molecule has 1 unspecified atom stereocenters. The van der Waals surface area contributed by atoms with E-state index >= 15 is 0 Å². The van der Waals surface area contributed by atoms with Crippen molar-refractivity contribution < 1.29 is 9.90 Å². The van der Waals surface area contributed by atoms with Crippen molar-refractivity contribution in [3.8, 4) is 0 Å². The summed E-state index contributed by atoms with van der Waals surface area (Å²) in [5.74, 6) is -0.436. The van der Waals surface area contributed by atoms with Crippen molar-refractivity contribution >= 4 is 5.91 Å². The van der Waals surface area contributed by atoms with Crippen molar-refractivity contribution in [3.63, 3.8) is 0 Å². The van der Waals surface area contributed by atoms with Gasteiger partial charge >= 0.3 is 0 Å². The number of carbonyl (C=O) groups excluding carboxylic acids is 1. The van der Waals surface area contributed by atoms with Crippen LogP contribution in [0.5, 0.6) is 0 Å². The smallest absolute Gasteiger partial charge is 0.220 e. The van der Waals surface area contributed by atoms with E-state index in [4.69, 9.17) is 5.73 Å². The summed E-state index contributed by atoms with van der Waals surface area (Å²) >= 11 is 0. The van der Waals surface area contributed by atoms with Gasteiger partial charge in [0.1, 0.15) is 0 Å². The molecule has 1 aliphatic rings. The number of amides is 1. The number of carbonyl (C=O) groups is 1. The molecule has 1 aliphatic heterocycles. The van der Waals surface area contributed by atoms with Crippen molar-refractivity contribution in [2.45, 2.75) is 31.3 Å². The van der Waals surface area contributed by atoms with Gasteiger partial charge in [0.05, 0.1) is 12.0 Å². The molecule has 2 rings (SSSR count). The predicted molar refractivity (Wildman–Crippen MR) is 72.4 cm³/mol. The molecule has 104 valence electrons. The molecule has 0 aliphatic carbocycles. The van der Waals surface area contributed by atoms with Crippen LogP contribution in [0, 0.1) is 0 Å². The number of aromatic nitrogens is 1. The van der Waals surface area contributed by atoms with Gasteiger partial charge in [-0.2, -0.15) is 0 Å². The molecule has 5 nitrogen and oxygen atoms in total. The fraction of sp³-hybridized carbons (Fsp3) is 0.571. The maximum atomic E-state index is 11.0. The zero-order chi connectivity index (χ0) is 13.7.